The van der Waals surface area contributed by atoms with Crippen molar-refractivity contribution in [1.82, 2.24) is 4.90 Å². The molecule has 208 valence electrons. The molecule has 1 aliphatic heterocycles. The Labute approximate surface area is 222 Å². The van der Waals surface area contributed by atoms with Gasteiger partial charge < -0.3 is 9.47 Å². The Morgan fingerprint density at radius 2 is 1.67 bits per heavy atom. The monoisotopic (exact) mass is 567 g/mol. The first kappa shape index (κ1) is 29.4. The van der Waals surface area contributed by atoms with Gasteiger partial charge in [0.05, 0.1) is 22.9 Å². The maximum atomic E-state index is 13.7. The van der Waals surface area contributed by atoms with Crippen LogP contribution >= 0.6 is 0 Å². The molecule has 2 aromatic rings. The average Bonchev–Trinajstić information content (AvgIpc) is 2.97. The van der Waals surface area contributed by atoms with Crippen molar-refractivity contribution in [2.75, 3.05) is 17.0 Å². The van der Waals surface area contributed by atoms with Crippen LogP contribution in [0.25, 0.3) is 0 Å². The molecule has 2 aromatic carbocycles. The molecule has 1 saturated heterocycles. The molecule has 0 spiro atoms. The van der Waals surface area contributed by atoms with Gasteiger partial charge in [0, 0.05) is 6.26 Å². The normalized spacial score (nSPS) is 18.2. The number of imide groups is 1. The van der Waals surface area contributed by atoms with Crippen molar-refractivity contribution >= 4 is 33.6 Å². The highest BCUT2D eigenvalue weighted by molar-refractivity contribution is 7.90. The summed E-state index contributed by atoms with van der Waals surface area (Å²) in [5, 5.41) is 9.06. The maximum absolute atomic E-state index is 13.7. The van der Waals surface area contributed by atoms with Crippen molar-refractivity contribution in [3.8, 4) is 11.8 Å². The number of rotatable bonds is 5. The molecule has 0 aliphatic carbocycles. The zero-order valence-corrected chi connectivity index (χ0v) is 22.3. The third kappa shape index (κ3) is 6.14. The topological polar surface area (TPSA) is 134 Å². The molecule has 0 radical (unpaired) electrons. The minimum Gasteiger partial charge on any atom is -0.428 e. The largest absolute Gasteiger partial charge is 0.514 e. The first-order valence-electron chi connectivity index (χ1n) is 11.2. The highest BCUT2D eigenvalue weighted by Gasteiger charge is 2.57. The third-order valence-corrected chi connectivity index (χ3v) is 6.37. The van der Waals surface area contributed by atoms with Crippen LogP contribution < -0.4 is 9.64 Å². The van der Waals surface area contributed by atoms with Crippen molar-refractivity contribution in [3.63, 3.8) is 0 Å². The van der Waals surface area contributed by atoms with Crippen LogP contribution in [0.15, 0.2) is 42.5 Å². The Bertz CT molecular complexity index is 1480. The lowest BCUT2D eigenvalue weighted by molar-refractivity contribution is -0.137. The van der Waals surface area contributed by atoms with Gasteiger partial charge in [-0.25, -0.2) is 22.9 Å². The average molecular weight is 568 g/mol. The zero-order valence-electron chi connectivity index (χ0n) is 21.5. The van der Waals surface area contributed by atoms with Gasteiger partial charge in [-0.2, -0.15) is 18.4 Å². The smallest absolute Gasteiger partial charge is 0.428 e. The van der Waals surface area contributed by atoms with Gasteiger partial charge in [-0.3, -0.25) is 9.69 Å². The van der Waals surface area contributed by atoms with E-state index in [2.05, 4.69) is 0 Å². The van der Waals surface area contributed by atoms with Crippen LogP contribution in [0.4, 0.5) is 28.4 Å². The van der Waals surface area contributed by atoms with E-state index in [0.29, 0.717) is 11.0 Å². The van der Waals surface area contributed by atoms with Crippen LogP contribution in [-0.4, -0.2) is 49.1 Å². The highest BCUT2D eigenvalue weighted by atomic mass is 32.2. The van der Waals surface area contributed by atoms with Gasteiger partial charge in [-0.1, -0.05) is 12.1 Å². The lowest BCUT2D eigenvalue weighted by Crippen LogP contribution is -2.46. The minimum absolute atomic E-state index is 0.0156. The molecule has 1 unspecified atom stereocenters. The molecule has 1 fully saturated rings. The summed E-state index contributed by atoms with van der Waals surface area (Å²) in [6.45, 7) is 6.15. The number of alkyl halides is 3. The Morgan fingerprint density at radius 3 is 2.15 bits per heavy atom. The highest BCUT2D eigenvalue weighted by Crippen LogP contribution is 2.42. The van der Waals surface area contributed by atoms with Crippen molar-refractivity contribution in [2.24, 2.45) is 0 Å². The summed E-state index contributed by atoms with van der Waals surface area (Å²) in [4.78, 5) is 40.2. The number of ether oxygens (including phenoxy) is 2. The van der Waals surface area contributed by atoms with Crippen LogP contribution in [0, 0.1) is 11.3 Å². The molecule has 1 aliphatic rings. The summed E-state index contributed by atoms with van der Waals surface area (Å²) < 4.78 is 75.2. The number of carbonyl (C=O) groups is 3. The fourth-order valence-corrected chi connectivity index (χ4v) is 4.71. The van der Waals surface area contributed by atoms with E-state index in [1.54, 1.807) is 20.8 Å². The van der Waals surface area contributed by atoms with Crippen LogP contribution in [0.2, 0.25) is 0 Å². The molecule has 14 heteroatoms. The molecular formula is C25H24F3N3O7S. The number of benzene rings is 2. The molecule has 10 nitrogen and oxygen atoms in total. The van der Waals surface area contributed by atoms with Gasteiger partial charge in [-0.15, -0.1) is 0 Å². The summed E-state index contributed by atoms with van der Waals surface area (Å²) in [6.07, 6.45) is -5.14. The standard InChI is InChI=1S/C25H24F3N3O7S/c1-23(2,3)38-22(34)37-18-10-7-16(8-11-18)24(4)20(32)31(21(33)30(24)14-39(5,35)36)17-9-6-15(13-29)19(12-17)25(26,27)28/h6-12H,14H2,1-5H3. The molecule has 39 heavy (non-hydrogen) atoms. The summed E-state index contributed by atoms with van der Waals surface area (Å²) >= 11 is 0. The van der Waals surface area contributed by atoms with Crippen LogP contribution in [0.1, 0.15) is 44.4 Å². The minimum atomic E-state index is -4.97. The van der Waals surface area contributed by atoms with E-state index >= 15 is 0 Å². The summed E-state index contributed by atoms with van der Waals surface area (Å²) in [7, 11) is -3.91. The SMILES string of the molecule is CC(C)(C)OC(=O)Oc1ccc(C2(C)C(=O)N(c3ccc(C#N)c(C(F)(F)F)c3)C(=O)N2CS(C)(=O)=O)cc1. The number of urea groups is 1. The lowest BCUT2D eigenvalue weighted by atomic mass is 9.90. The molecule has 0 aromatic heterocycles. The van der Waals surface area contributed by atoms with Crippen molar-refractivity contribution < 1.29 is 45.4 Å². The summed E-state index contributed by atoms with van der Waals surface area (Å²) in [5.41, 5.74) is -5.29. The van der Waals surface area contributed by atoms with Gasteiger partial charge >= 0.3 is 18.4 Å². The van der Waals surface area contributed by atoms with Crippen molar-refractivity contribution in [1.29, 1.82) is 5.26 Å². The summed E-state index contributed by atoms with van der Waals surface area (Å²) in [5.74, 6) is -1.94. The molecule has 3 rings (SSSR count). The Kier molecular flexibility index (Phi) is 7.46. The second-order valence-corrected chi connectivity index (χ2v) is 12.0. The van der Waals surface area contributed by atoms with Crippen LogP contribution in [0.5, 0.6) is 5.75 Å². The zero-order chi connectivity index (χ0) is 29.6. The molecule has 3 amide bonds. The van der Waals surface area contributed by atoms with Crippen LogP contribution in [-0.2, 0) is 31.1 Å². The first-order chi connectivity index (χ1) is 17.8. The number of anilines is 1. The summed E-state index contributed by atoms with van der Waals surface area (Å²) in [6, 6.07) is 7.71. The fraction of sp³-hybridized carbons (Fsp3) is 0.360. The number of amides is 3. The number of hydrogen-bond donors (Lipinski definition) is 0. The van der Waals surface area contributed by atoms with Crippen molar-refractivity contribution in [2.45, 2.75) is 45.0 Å². The van der Waals surface area contributed by atoms with Gasteiger partial charge in [0.1, 0.15) is 22.8 Å². The molecule has 0 N–H and O–H groups in total. The quantitative estimate of drug-likeness (QED) is 0.291. The number of halogens is 3. The van der Waals surface area contributed by atoms with E-state index in [9.17, 15) is 36.0 Å². The first-order valence-corrected chi connectivity index (χ1v) is 13.3. The van der Waals surface area contributed by atoms with Crippen LogP contribution in [0.3, 0.4) is 0 Å². The molecule has 0 bridgehead atoms. The predicted molar refractivity (Wildman–Crippen MR) is 131 cm³/mol. The van der Waals surface area contributed by atoms with Gasteiger partial charge in [0.15, 0.2) is 9.84 Å². The van der Waals surface area contributed by atoms with E-state index in [0.717, 1.165) is 23.3 Å². The Hall–Kier alpha value is -4.12. The molecular weight excluding hydrogens is 543 g/mol. The van der Waals surface area contributed by atoms with E-state index in [-0.39, 0.29) is 11.3 Å². The maximum Gasteiger partial charge on any atom is 0.514 e. The molecule has 1 atom stereocenters. The van der Waals surface area contributed by atoms with E-state index in [1.807, 2.05) is 0 Å². The number of nitriles is 1. The predicted octanol–water partition coefficient (Wildman–Crippen LogP) is 4.58. The molecule has 1 heterocycles. The van der Waals surface area contributed by atoms with E-state index in [1.165, 1.54) is 37.3 Å². The van der Waals surface area contributed by atoms with Gasteiger partial charge in [-0.05, 0) is 63.6 Å². The Balaban J connectivity index is 2.08. The molecule has 0 saturated carbocycles. The van der Waals surface area contributed by atoms with E-state index < -0.39 is 67.9 Å². The van der Waals surface area contributed by atoms with Gasteiger partial charge in [0.25, 0.3) is 5.91 Å². The van der Waals surface area contributed by atoms with E-state index in [4.69, 9.17) is 14.7 Å². The number of hydrogen-bond acceptors (Lipinski definition) is 8. The number of nitrogens with zero attached hydrogens (tertiary/aromatic N) is 3. The fourth-order valence-electron chi connectivity index (χ4n) is 3.88. The Morgan fingerprint density at radius 1 is 1.08 bits per heavy atom. The van der Waals surface area contributed by atoms with Gasteiger partial charge in [0.2, 0.25) is 0 Å². The second kappa shape index (κ2) is 9.88. The number of carbonyl (C=O) groups excluding carboxylic acids is 3. The second-order valence-electron chi connectivity index (χ2n) is 9.91. The third-order valence-electron chi connectivity index (χ3n) is 5.64. The van der Waals surface area contributed by atoms with Crippen molar-refractivity contribution in [3.05, 3.63) is 59.2 Å². The lowest BCUT2D eigenvalue weighted by Gasteiger charge is -2.31. The number of sulfone groups is 1.